The minimum atomic E-state index is 0.0204. The van der Waals surface area contributed by atoms with E-state index >= 15 is 0 Å². The van der Waals surface area contributed by atoms with Crippen molar-refractivity contribution in [3.63, 3.8) is 0 Å². The highest BCUT2D eigenvalue weighted by Crippen LogP contribution is 2.41. The topological polar surface area (TPSA) is 62.9 Å². The monoisotopic (exact) mass is 358 g/mol. The van der Waals surface area contributed by atoms with Crippen molar-refractivity contribution in [1.29, 1.82) is 0 Å². The summed E-state index contributed by atoms with van der Waals surface area (Å²) in [5.74, 6) is 1.74. The molecule has 0 amide bonds. The maximum Gasteiger partial charge on any atom is 0.230 e. The van der Waals surface area contributed by atoms with Gasteiger partial charge in [-0.15, -0.1) is 5.10 Å². The smallest absolute Gasteiger partial charge is 0.230 e. The van der Waals surface area contributed by atoms with Crippen molar-refractivity contribution in [2.24, 2.45) is 0 Å². The molecule has 3 heterocycles. The summed E-state index contributed by atoms with van der Waals surface area (Å²) in [5, 5.41) is 15.1. The van der Waals surface area contributed by atoms with Gasteiger partial charge in [0, 0.05) is 0 Å². The first-order valence-corrected chi connectivity index (χ1v) is 9.51. The van der Waals surface area contributed by atoms with E-state index in [4.69, 9.17) is 4.74 Å². The molecule has 0 saturated carbocycles. The highest BCUT2D eigenvalue weighted by atomic mass is 32.1. The summed E-state index contributed by atoms with van der Waals surface area (Å²) in [6.45, 7) is 6.54. The van der Waals surface area contributed by atoms with Gasteiger partial charge in [-0.3, -0.25) is 4.90 Å². The van der Waals surface area contributed by atoms with Crippen molar-refractivity contribution in [3.05, 3.63) is 40.5 Å². The van der Waals surface area contributed by atoms with E-state index in [1.54, 1.807) is 4.52 Å². The maximum absolute atomic E-state index is 10.8. The predicted octanol–water partition coefficient (Wildman–Crippen LogP) is 3.39. The number of benzene rings is 1. The lowest BCUT2D eigenvalue weighted by atomic mass is 10.0. The Morgan fingerprint density at radius 2 is 1.96 bits per heavy atom. The lowest BCUT2D eigenvalue weighted by Gasteiger charge is -2.27. The summed E-state index contributed by atoms with van der Waals surface area (Å²) < 4.78 is 7.11. The number of hydrogen-bond acceptors (Lipinski definition) is 6. The zero-order valence-corrected chi connectivity index (χ0v) is 15.3. The molecule has 25 heavy (non-hydrogen) atoms. The van der Waals surface area contributed by atoms with Crippen molar-refractivity contribution in [2.45, 2.75) is 32.7 Å². The van der Waals surface area contributed by atoms with Gasteiger partial charge in [0.2, 0.25) is 10.8 Å². The molecule has 6 nitrogen and oxygen atoms in total. The minimum absolute atomic E-state index is 0.0204. The van der Waals surface area contributed by atoms with Crippen LogP contribution in [0.4, 0.5) is 0 Å². The number of fused-ring (bicyclic) bond motifs is 1. The first kappa shape index (κ1) is 16.4. The molecule has 0 bridgehead atoms. The molecule has 0 radical (unpaired) electrons. The van der Waals surface area contributed by atoms with Crippen LogP contribution in [0.25, 0.3) is 4.96 Å². The first-order chi connectivity index (χ1) is 12.2. The summed E-state index contributed by atoms with van der Waals surface area (Å²) in [4.78, 5) is 8.47. The van der Waals surface area contributed by atoms with E-state index in [1.807, 2.05) is 26.0 Å². The Kier molecular flexibility index (Phi) is 4.35. The van der Waals surface area contributed by atoms with E-state index in [0.717, 1.165) is 34.2 Å². The number of aryl methyl sites for hydroxylation is 1. The molecule has 7 heteroatoms. The Balaban J connectivity index is 1.77. The maximum atomic E-state index is 10.8. The van der Waals surface area contributed by atoms with Gasteiger partial charge in [-0.1, -0.05) is 23.5 Å². The van der Waals surface area contributed by atoms with Crippen LogP contribution in [-0.2, 0) is 0 Å². The Bertz CT molecular complexity index is 865. The SMILES string of the molecule is CCOc1ccc([C@H](c2sc3nc(C)nn3c2O)N2CCCC2)cc1. The molecule has 1 fully saturated rings. The van der Waals surface area contributed by atoms with Gasteiger partial charge in [-0.25, -0.2) is 4.98 Å². The zero-order chi connectivity index (χ0) is 17.4. The number of thiazole rings is 1. The van der Waals surface area contributed by atoms with Gasteiger partial charge in [0.15, 0.2) is 0 Å². The average Bonchev–Trinajstić information content (AvgIpc) is 3.30. The second-order valence-corrected chi connectivity index (χ2v) is 7.30. The fraction of sp³-hybridized carbons (Fsp3) is 0.444. The van der Waals surface area contributed by atoms with E-state index in [2.05, 4.69) is 27.1 Å². The largest absolute Gasteiger partial charge is 0.494 e. The molecular weight excluding hydrogens is 336 g/mol. The average molecular weight is 358 g/mol. The van der Waals surface area contributed by atoms with Crippen LogP contribution in [0.3, 0.4) is 0 Å². The van der Waals surface area contributed by atoms with E-state index in [0.29, 0.717) is 12.4 Å². The Morgan fingerprint density at radius 3 is 2.60 bits per heavy atom. The van der Waals surface area contributed by atoms with E-state index in [1.165, 1.54) is 24.2 Å². The third-order valence-electron chi connectivity index (χ3n) is 4.57. The molecule has 0 aliphatic carbocycles. The molecule has 1 aliphatic heterocycles. The molecule has 2 aromatic heterocycles. The summed E-state index contributed by atoms with van der Waals surface area (Å²) in [7, 11) is 0. The van der Waals surface area contributed by atoms with E-state index in [-0.39, 0.29) is 11.9 Å². The number of aromatic nitrogens is 3. The Morgan fingerprint density at radius 1 is 1.24 bits per heavy atom. The number of hydrogen-bond donors (Lipinski definition) is 1. The number of rotatable bonds is 5. The highest BCUT2D eigenvalue weighted by Gasteiger charge is 2.30. The van der Waals surface area contributed by atoms with Crippen LogP contribution < -0.4 is 4.74 Å². The van der Waals surface area contributed by atoms with Gasteiger partial charge in [0.25, 0.3) is 0 Å². The van der Waals surface area contributed by atoms with Crippen molar-refractivity contribution in [2.75, 3.05) is 19.7 Å². The lowest BCUT2D eigenvalue weighted by molar-refractivity contribution is 0.276. The fourth-order valence-corrected chi connectivity index (χ4v) is 4.63. The summed E-state index contributed by atoms with van der Waals surface area (Å²) >= 11 is 1.52. The van der Waals surface area contributed by atoms with Crippen LogP contribution in [-0.4, -0.2) is 44.3 Å². The van der Waals surface area contributed by atoms with Crippen LogP contribution >= 0.6 is 11.3 Å². The second-order valence-electron chi connectivity index (χ2n) is 6.29. The third-order valence-corrected chi connectivity index (χ3v) is 5.64. The van der Waals surface area contributed by atoms with Gasteiger partial charge in [-0.2, -0.15) is 4.52 Å². The van der Waals surface area contributed by atoms with Crippen molar-refractivity contribution in [1.82, 2.24) is 19.5 Å². The number of nitrogens with zero attached hydrogens (tertiary/aromatic N) is 4. The standard InChI is InChI=1S/C18H22N4O2S/c1-3-24-14-8-6-13(7-9-14)15(21-10-4-5-11-21)16-17(23)22-18(25-16)19-12(2)20-22/h6-9,15,23H,3-5,10-11H2,1-2H3/t15-/m1/s1. The quantitative estimate of drug-likeness (QED) is 0.757. The highest BCUT2D eigenvalue weighted by molar-refractivity contribution is 7.17. The van der Waals surface area contributed by atoms with Crippen LogP contribution in [0.1, 0.15) is 42.1 Å². The van der Waals surface area contributed by atoms with Gasteiger partial charge >= 0.3 is 0 Å². The van der Waals surface area contributed by atoms with Crippen molar-refractivity contribution in [3.8, 4) is 11.6 Å². The number of likely N-dealkylation sites (tertiary alicyclic amines) is 1. The summed E-state index contributed by atoms with van der Waals surface area (Å²) in [6.07, 6.45) is 2.38. The second kappa shape index (κ2) is 6.65. The molecule has 1 atom stereocenters. The molecule has 1 aromatic carbocycles. The van der Waals surface area contributed by atoms with Crippen molar-refractivity contribution >= 4 is 16.3 Å². The molecule has 1 aliphatic rings. The van der Waals surface area contributed by atoms with Gasteiger partial charge < -0.3 is 9.84 Å². The van der Waals surface area contributed by atoms with Crippen LogP contribution in [0.15, 0.2) is 24.3 Å². The lowest BCUT2D eigenvalue weighted by Crippen LogP contribution is -2.26. The van der Waals surface area contributed by atoms with Gasteiger partial charge in [-0.05, 0) is 57.5 Å². The normalized spacial score (nSPS) is 16.6. The Hall–Kier alpha value is -2.12. The number of aromatic hydroxyl groups is 1. The summed E-state index contributed by atoms with van der Waals surface area (Å²) in [6, 6.07) is 8.20. The summed E-state index contributed by atoms with van der Waals surface area (Å²) in [5.41, 5.74) is 1.15. The Labute approximate surface area is 150 Å². The molecule has 0 spiro atoms. The van der Waals surface area contributed by atoms with Gasteiger partial charge in [0.05, 0.1) is 17.5 Å². The number of ether oxygens (including phenoxy) is 1. The van der Waals surface area contributed by atoms with Crippen molar-refractivity contribution < 1.29 is 9.84 Å². The molecule has 0 unspecified atom stereocenters. The van der Waals surface area contributed by atoms with Crippen LogP contribution in [0, 0.1) is 6.92 Å². The minimum Gasteiger partial charge on any atom is -0.494 e. The molecular formula is C18H22N4O2S. The molecule has 1 saturated heterocycles. The van der Waals surface area contributed by atoms with Crippen LogP contribution in [0.2, 0.25) is 0 Å². The van der Waals surface area contributed by atoms with Crippen LogP contribution in [0.5, 0.6) is 11.6 Å². The zero-order valence-electron chi connectivity index (χ0n) is 14.5. The predicted molar refractivity (Wildman–Crippen MR) is 97.5 cm³/mol. The molecule has 3 aromatic rings. The fourth-order valence-electron chi connectivity index (χ4n) is 3.47. The third kappa shape index (κ3) is 2.98. The van der Waals surface area contributed by atoms with Gasteiger partial charge in [0.1, 0.15) is 11.6 Å². The first-order valence-electron chi connectivity index (χ1n) is 8.69. The molecule has 132 valence electrons. The molecule has 1 N–H and O–H groups in total. The molecule has 4 rings (SSSR count). The van der Waals surface area contributed by atoms with E-state index < -0.39 is 0 Å². The van der Waals surface area contributed by atoms with E-state index in [9.17, 15) is 5.11 Å².